The Kier molecular flexibility index (Phi) is 12.2. The van der Waals surface area contributed by atoms with Crippen LogP contribution < -0.4 is 22.1 Å². The van der Waals surface area contributed by atoms with Gasteiger partial charge in [0.25, 0.3) is 0 Å². The van der Waals surface area contributed by atoms with E-state index in [4.69, 9.17) is 21.7 Å². The van der Waals surface area contributed by atoms with Crippen molar-refractivity contribution in [1.29, 1.82) is 0 Å². The Morgan fingerprint density at radius 1 is 1.14 bits per heavy atom. The lowest BCUT2D eigenvalue weighted by atomic mass is 10.1. The van der Waals surface area contributed by atoms with Gasteiger partial charge < -0.3 is 32.3 Å². The molecule has 0 unspecified atom stereocenters. The molecule has 0 bridgehead atoms. The van der Waals surface area contributed by atoms with Crippen molar-refractivity contribution in [3.05, 3.63) is 0 Å². The maximum absolute atomic E-state index is 10.3. The highest BCUT2D eigenvalue weighted by Gasteiger charge is 2.17. The fourth-order valence-corrected chi connectivity index (χ4v) is 1.40. The lowest BCUT2D eigenvalue weighted by Gasteiger charge is -2.13. The number of likely N-dealkylation sites (N-methyl/N-ethyl adjacent to an activating group) is 1. The average Bonchev–Trinajstić information content (AvgIpc) is 2.34. The smallest absolute Gasteiger partial charge is 0.320 e. The molecule has 124 valence electrons. The standard InChI is InChI=1S/C6H13N3O3.C6H13NO2/c7-4(5(10)11)2-1-3-9-6(8)12;1-4(2)5(7-3)6(8)9/h4H,1-3,7H2,(H,10,11)(H3,8,9,12);4-5,7H,1-3H3,(H,8,9)/t4-;5-/m00/s1. The molecule has 0 aliphatic rings. The van der Waals surface area contributed by atoms with Crippen LogP contribution in [-0.2, 0) is 9.59 Å². The van der Waals surface area contributed by atoms with E-state index < -0.39 is 30.1 Å². The van der Waals surface area contributed by atoms with Crippen LogP contribution in [0.2, 0.25) is 0 Å². The number of carboxylic acids is 2. The monoisotopic (exact) mass is 306 g/mol. The van der Waals surface area contributed by atoms with Gasteiger partial charge in [-0.25, -0.2) is 4.79 Å². The van der Waals surface area contributed by atoms with Crippen LogP contribution in [0.5, 0.6) is 0 Å². The van der Waals surface area contributed by atoms with Gasteiger partial charge in [0.2, 0.25) is 0 Å². The summed E-state index contributed by atoms with van der Waals surface area (Å²) < 4.78 is 0. The minimum Gasteiger partial charge on any atom is -0.480 e. The van der Waals surface area contributed by atoms with Gasteiger partial charge in [0.15, 0.2) is 0 Å². The molecule has 0 aromatic heterocycles. The molecule has 9 heteroatoms. The Morgan fingerprint density at radius 3 is 1.90 bits per heavy atom. The van der Waals surface area contributed by atoms with Gasteiger partial charge in [0.1, 0.15) is 12.1 Å². The van der Waals surface area contributed by atoms with Crippen molar-refractivity contribution in [1.82, 2.24) is 10.6 Å². The summed E-state index contributed by atoms with van der Waals surface area (Å²) in [5.74, 6) is -1.67. The van der Waals surface area contributed by atoms with E-state index in [1.165, 1.54) is 0 Å². The SMILES string of the molecule is CN[C@H](C(=O)O)C(C)C.NC(=O)NCCC[C@H](N)C(=O)O. The van der Waals surface area contributed by atoms with Crippen molar-refractivity contribution < 1.29 is 24.6 Å². The average molecular weight is 306 g/mol. The van der Waals surface area contributed by atoms with E-state index >= 15 is 0 Å². The summed E-state index contributed by atoms with van der Waals surface area (Å²) in [6.45, 7) is 4.10. The molecule has 0 fully saturated rings. The van der Waals surface area contributed by atoms with Crippen molar-refractivity contribution >= 4 is 18.0 Å². The number of amides is 2. The predicted molar refractivity (Wildman–Crippen MR) is 77.8 cm³/mol. The van der Waals surface area contributed by atoms with Gasteiger partial charge in [-0.3, -0.25) is 9.59 Å². The molecular weight excluding hydrogens is 280 g/mol. The van der Waals surface area contributed by atoms with Crippen LogP contribution in [0, 0.1) is 5.92 Å². The summed E-state index contributed by atoms with van der Waals surface area (Å²) in [6.07, 6.45) is 0.839. The van der Waals surface area contributed by atoms with Crippen LogP contribution in [0.15, 0.2) is 0 Å². The third-order valence-corrected chi connectivity index (χ3v) is 2.55. The molecule has 2 atom stereocenters. The molecule has 0 rings (SSSR count). The van der Waals surface area contributed by atoms with E-state index in [0.717, 1.165) is 0 Å². The number of nitrogens with two attached hydrogens (primary N) is 2. The van der Waals surface area contributed by atoms with Gasteiger partial charge in [-0.1, -0.05) is 13.8 Å². The van der Waals surface area contributed by atoms with Crippen molar-refractivity contribution in [2.24, 2.45) is 17.4 Å². The third kappa shape index (κ3) is 12.9. The van der Waals surface area contributed by atoms with E-state index in [1.54, 1.807) is 7.05 Å². The van der Waals surface area contributed by atoms with Crippen molar-refractivity contribution in [2.75, 3.05) is 13.6 Å². The fraction of sp³-hybridized carbons (Fsp3) is 0.750. The summed E-state index contributed by atoms with van der Waals surface area (Å²) in [6, 6.07) is -1.89. The van der Waals surface area contributed by atoms with Gasteiger partial charge in [0.05, 0.1) is 0 Å². The number of hydrogen-bond acceptors (Lipinski definition) is 5. The molecule has 2 amide bonds. The second-order valence-electron chi connectivity index (χ2n) is 4.73. The lowest BCUT2D eigenvalue weighted by Crippen LogP contribution is -2.38. The minimum absolute atomic E-state index is 0.146. The summed E-state index contributed by atoms with van der Waals surface area (Å²) in [5, 5.41) is 21.9. The highest BCUT2D eigenvalue weighted by molar-refractivity contribution is 5.73. The maximum Gasteiger partial charge on any atom is 0.320 e. The Labute approximate surface area is 124 Å². The number of hydrogen-bond donors (Lipinski definition) is 6. The first-order valence-corrected chi connectivity index (χ1v) is 6.55. The van der Waals surface area contributed by atoms with Gasteiger partial charge in [-0.2, -0.15) is 0 Å². The van der Waals surface area contributed by atoms with Gasteiger partial charge in [0, 0.05) is 6.54 Å². The minimum atomic E-state index is -1.03. The normalized spacial score (nSPS) is 12.8. The second-order valence-corrected chi connectivity index (χ2v) is 4.73. The first-order valence-electron chi connectivity index (χ1n) is 6.55. The zero-order chi connectivity index (χ0) is 17.0. The zero-order valence-electron chi connectivity index (χ0n) is 12.6. The Bertz CT molecular complexity index is 336. The molecule has 0 aliphatic carbocycles. The highest BCUT2D eigenvalue weighted by Crippen LogP contribution is 1.99. The quantitative estimate of drug-likeness (QED) is 0.318. The number of carbonyl (C=O) groups is 3. The number of aliphatic carboxylic acids is 2. The van der Waals surface area contributed by atoms with Crippen LogP contribution in [0.25, 0.3) is 0 Å². The molecule has 0 saturated carbocycles. The number of carboxylic acid groups (broad SMARTS) is 2. The molecule has 0 aromatic carbocycles. The number of urea groups is 1. The van der Waals surface area contributed by atoms with Crippen LogP contribution in [-0.4, -0.2) is 53.9 Å². The summed E-state index contributed by atoms with van der Waals surface area (Å²) in [4.78, 5) is 30.6. The van der Waals surface area contributed by atoms with Crippen molar-refractivity contribution in [3.63, 3.8) is 0 Å². The van der Waals surface area contributed by atoms with Crippen molar-refractivity contribution in [3.8, 4) is 0 Å². The largest absolute Gasteiger partial charge is 0.480 e. The molecule has 9 nitrogen and oxygen atoms in total. The third-order valence-electron chi connectivity index (χ3n) is 2.55. The number of nitrogens with one attached hydrogen (secondary N) is 2. The molecule has 0 aromatic rings. The van der Waals surface area contributed by atoms with E-state index in [-0.39, 0.29) is 5.92 Å². The van der Waals surface area contributed by atoms with Gasteiger partial charge >= 0.3 is 18.0 Å². The Morgan fingerprint density at radius 2 is 1.67 bits per heavy atom. The first-order chi connectivity index (χ1) is 9.63. The topological polar surface area (TPSA) is 168 Å². The fourth-order valence-electron chi connectivity index (χ4n) is 1.40. The first kappa shape index (κ1) is 21.4. The molecule has 8 N–H and O–H groups in total. The molecule has 0 aliphatic heterocycles. The summed E-state index contributed by atoms with van der Waals surface area (Å²) in [5.41, 5.74) is 9.96. The predicted octanol–water partition coefficient (Wildman–Crippen LogP) is -0.838. The van der Waals surface area contributed by atoms with Crippen LogP contribution in [0.3, 0.4) is 0 Å². The van der Waals surface area contributed by atoms with Crippen molar-refractivity contribution in [2.45, 2.75) is 38.8 Å². The molecule has 0 saturated heterocycles. The number of primary amides is 1. The van der Waals surface area contributed by atoms with E-state index in [9.17, 15) is 14.4 Å². The van der Waals surface area contributed by atoms with E-state index in [1.807, 2.05) is 13.8 Å². The van der Waals surface area contributed by atoms with Crippen LogP contribution >= 0.6 is 0 Å². The summed E-state index contributed by atoms with van der Waals surface area (Å²) >= 11 is 0. The summed E-state index contributed by atoms with van der Waals surface area (Å²) in [7, 11) is 1.65. The molecule has 0 radical (unpaired) electrons. The van der Waals surface area contributed by atoms with Crippen LogP contribution in [0.1, 0.15) is 26.7 Å². The highest BCUT2D eigenvalue weighted by atomic mass is 16.4. The molecule has 21 heavy (non-hydrogen) atoms. The second kappa shape index (κ2) is 11.9. The van der Waals surface area contributed by atoms with Gasteiger partial charge in [-0.05, 0) is 25.8 Å². The number of carbonyl (C=O) groups excluding carboxylic acids is 1. The molecule has 0 heterocycles. The number of rotatable bonds is 8. The maximum atomic E-state index is 10.3. The Balaban J connectivity index is 0. The van der Waals surface area contributed by atoms with Gasteiger partial charge in [-0.15, -0.1) is 0 Å². The van der Waals surface area contributed by atoms with E-state index in [0.29, 0.717) is 19.4 Å². The van der Waals surface area contributed by atoms with E-state index in [2.05, 4.69) is 10.6 Å². The zero-order valence-corrected chi connectivity index (χ0v) is 12.6. The van der Waals surface area contributed by atoms with Crippen LogP contribution in [0.4, 0.5) is 4.79 Å². The Hall–Kier alpha value is -1.87. The molecule has 0 spiro atoms. The lowest BCUT2D eigenvalue weighted by molar-refractivity contribution is -0.140. The molecular formula is C12H26N4O5.